The van der Waals surface area contributed by atoms with E-state index in [2.05, 4.69) is 123 Å². The molecule has 0 heterocycles. The summed E-state index contributed by atoms with van der Waals surface area (Å²) in [6.45, 7) is 4.69. The first-order chi connectivity index (χ1) is 17.7. The molecular weight excluding hydrogens is 432 g/mol. The van der Waals surface area contributed by atoms with Gasteiger partial charge in [0.1, 0.15) is 0 Å². The fraction of sp³-hybridized carbons (Fsp3) is 0.167. The molecule has 0 heteroatoms. The van der Waals surface area contributed by atoms with Crippen LogP contribution < -0.4 is 0 Å². The molecule has 5 aromatic carbocycles. The molecule has 0 saturated heterocycles. The van der Waals surface area contributed by atoms with Gasteiger partial charge >= 0.3 is 0 Å². The molecule has 0 bridgehead atoms. The van der Waals surface area contributed by atoms with Gasteiger partial charge in [-0.05, 0) is 85.7 Å². The molecule has 1 unspecified atom stereocenters. The van der Waals surface area contributed by atoms with Gasteiger partial charge in [0.05, 0.1) is 0 Å². The van der Waals surface area contributed by atoms with Gasteiger partial charge < -0.3 is 0 Å². The van der Waals surface area contributed by atoms with Crippen LogP contribution in [0.25, 0.3) is 39.1 Å². The second-order valence-corrected chi connectivity index (χ2v) is 10.8. The largest absolute Gasteiger partial charge is 0.0625 e. The lowest BCUT2D eigenvalue weighted by Gasteiger charge is -2.22. The first-order valence-corrected chi connectivity index (χ1v) is 13.2. The third kappa shape index (κ3) is 3.36. The molecule has 2 aliphatic rings. The molecule has 0 aliphatic heterocycles. The Morgan fingerprint density at radius 3 is 2.25 bits per heavy atom. The minimum atomic E-state index is 0.326. The number of allylic oxidation sites excluding steroid dienone is 1. The highest BCUT2D eigenvalue weighted by Gasteiger charge is 2.32. The molecular formula is C36H30. The van der Waals surface area contributed by atoms with E-state index in [0.29, 0.717) is 11.8 Å². The predicted octanol–water partition coefficient (Wildman–Crippen LogP) is 9.65. The van der Waals surface area contributed by atoms with Crippen LogP contribution in [-0.2, 0) is 6.42 Å². The van der Waals surface area contributed by atoms with E-state index in [1.54, 1.807) is 5.57 Å². The van der Waals surface area contributed by atoms with Crippen molar-refractivity contribution in [2.24, 2.45) is 5.92 Å². The molecule has 36 heavy (non-hydrogen) atoms. The standard InChI is InChI=1S/C36H30/c1-23(2)19-28-22-34-30(27-18-17-24-9-3-4-10-25(24)20-27)13-7-15-32(34)36(28)33-16-8-14-31-29-12-6-5-11-26(29)21-35(31)33/h3-18,20,22-23,36H,19,21H2,1-2H3. The molecule has 174 valence electrons. The molecule has 0 fully saturated rings. The molecule has 0 radical (unpaired) electrons. The maximum atomic E-state index is 2.52. The van der Waals surface area contributed by atoms with Gasteiger partial charge in [-0.1, -0.05) is 123 Å². The van der Waals surface area contributed by atoms with Crippen LogP contribution in [0.4, 0.5) is 0 Å². The summed E-state index contributed by atoms with van der Waals surface area (Å²) in [6.07, 6.45) is 4.67. The summed E-state index contributed by atoms with van der Waals surface area (Å²) in [6, 6.07) is 38.4. The summed E-state index contributed by atoms with van der Waals surface area (Å²) in [5, 5.41) is 2.59. The minimum Gasteiger partial charge on any atom is -0.0625 e. The quantitative estimate of drug-likeness (QED) is 0.245. The molecule has 0 spiro atoms. The van der Waals surface area contributed by atoms with Crippen LogP contribution in [0.2, 0.25) is 0 Å². The maximum absolute atomic E-state index is 2.52. The summed E-state index contributed by atoms with van der Waals surface area (Å²) < 4.78 is 0. The lowest BCUT2D eigenvalue weighted by Crippen LogP contribution is -2.07. The highest BCUT2D eigenvalue weighted by molar-refractivity contribution is 5.91. The van der Waals surface area contributed by atoms with Gasteiger partial charge in [-0.3, -0.25) is 0 Å². The molecule has 1 atom stereocenters. The van der Waals surface area contributed by atoms with Gasteiger partial charge in [0, 0.05) is 5.92 Å². The molecule has 0 amide bonds. The summed E-state index contributed by atoms with van der Waals surface area (Å²) in [5.41, 5.74) is 14.4. The normalized spacial score (nSPS) is 15.6. The lowest BCUT2D eigenvalue weighted by atomic mass is 9.81. The third-order valence-corrected chi connectivity index (χ3v) is 8.05. The Bertz CT molecular complexity index is 1660. The van der Waals surface area contributed by atoms with E-state index in [4.69, 9.17) is 0 Å². The number of rotatable bonds is 4. The Labute approximate surface area is 214 Å². The number of hydrogen-bond acceptors (Lipinski definition) is 0. The Balaban J connectivity index is 1.40. The van der Waals surface area contributed by atoms with Crippen molar-refractivity contribution in [2.75, 3.05) is 0 Å². The number of hydrogen-bond donors (Lipinski definition) is 0. The van der Waals surface area contributed by atoms with Gasteiger partial charge in [-0.25, -0.2) is 0 Å². The van der Waals surface area contributed by atoms with Gasteiger partial charge in [-0.15, -0.1) is 0 Å². The van der Waals surface area contributed by atoms with Crippen molar-refractivity contribution in [1.29, 1.82) is 0 Å². The number of fused-ring (bicyclic) bond motifs is 5. The van der Waals surface area contributed by atoms with E-state index in [0.717, 1.165) is 12.8 Å². The Morgan fingerprint density at radius 1 is 0.667 bits per heavy atom. The van der Waals surface area contributed by atoms with Crippen LogP contribution >= 0.6 is 0 Å². The second kappa shape index (κ2) is 8.35. The van der Waals surface area contributed by atoms with Gasteiger partial charge in [0.25, 0.3) is 0 Å². The summed E-state index contributed by atoms with van der Waals surface area (Å²) >= 11 is 0. The van der Waals surface area contributed by atoms with Crippen molar-refractivity contribution in [1.82, 2.24) is 0 Å². The topological polar surface area (TPSA) is 0 Å². The Hall–Kier alpha value is -3.90. The van der Waals surface area contributed by atoms with Crippen molar-refractivity contribution >= 4 is 16.8 Å². The summed E-state index contributed by atoms with van der Waals surface area (Å²) in [4.78, 5) is 0. The smallest absolute Gasteiger partial charge is 0.0311 e. The highest BCUT2D eigenvalue weighted by Crippen LogP contribution is 2.50. The van der Waals surface area contributed by atoms with Crippen LogP contribution in [0.1, 0.15) is 54.0 Å². The van der Waals surface area contributed by atoms with Crippen molar-refractivity contribution in [3.8, 4) is 22.3 Å². The average molecular weight is 463 g/mol. The van der Waals surface area contributed by atoms with Crippen LogP contribution in [0.15, 0.2) is 109 Å². The third-order valence-electron chi connectivity index (χ3n) is 8.05. The highest BCUT2D eigenvalue weighted by atomic mass is 14.4. The first kappa shape index (κ1) is 21.4. The van der Waals surface area contributed by atoms with E-state index in [-0.39, 0.29) is 0 Å². The van der Waals surface area contributed by atoms with Crippen LogP contribution in [0, 0.1) is 5.92 Å². The SMILES string of the molecule is CC(C)CC1=Cc2c(-c3ccc4ccccc4c3)cccc2C1c1cccc2c1Cc1ccccc1-2. The van der Waals surface area contributed by atoms with Crippen LogP contribution in [0.3, 0.4) is 0 Å². The predicted molar refractivity (Wildman–Crippen MR) is 153 cm³/mol. The molecule has 5 aromatic rings. The van der Waals surface area contributed by atoms with Crippen molar-refractivity contribution in [3.05, 3.63) is 137 Å². The van der Waals surface area contributed by atoms with Gasteiger partial charge in [-0.2, -0.15) is 0 Å². The van der Waals surface area contributed by atoms with E-state index in [1.807, 2.05) is 0 Å². The van der Waals surface area contributed by atoms with Crippen molar-refractivity contribution < 1.29 is 0 Å². The zero-order valence-corrected chi connectivity index (χ0v) is 21.0. The van der Waals surface area contributed by atoms with Gasteiger partial charge in [0.2, 0.25) is 0 Å². The fourth-order valence-corrected chi connectivity index (χ4v) is 6.54. The molecule has 0 N–H and O–H groups in total. The van der Waals surface area contributed by atoms with E-state index < -0.39 is 0 Å². The maximum Gasteiger partial charge on any atom is 0.0311 e. The second-order valence-electron chi connectivity index (χ2n) is 10.8. The van der Waals surface area contributed by atoms with E-state index in [9.17, 15) is 0 Å². The van der Waals surface area contributed by atoms with Gasteiger partial charge in [0.15, 0.2) is 0 Å². The zero-order chi connectivity index (χ0) is 24.2. The zero-order valence-electron chi connectivity index (χ0n) is 21.0. The Morgan fingerprint density at radius 2 is 1.39 bits per heavy atom. The molecule has 0 nitrogen and oxygen atoms in total. The van der Waals surface area contributed by atoms with Crippen molar-refractivity contribution in [3.63, 3.8) is 0 Å². The minimum absolute atomic E-state index is 0.326. The molecule has 0 saturated carbocycles. The Kier molecular flexibility index (Phi) is 4.96. The van der Waals surface area contributed by atoms with Crippen molar-refractivity contribution in [2.45, 2.75) is 32.6 Å². The van der Waals surface area contributed by atoms with E-state index >= 15 is 0 Å². The summed E-state index contributed by atoms with van der Waals surface area (Å²) in [7, 11) is 0. The monoisotopic (exact) mass is 462 g/mol. The fourth-order valence-electron chi connectivity index (χ4n) is 6.54. The van der Waals surface area contributed by atoms with Crippen LogP contribution in [-0.4, -0.2) is 0 Å². The first-order valence-electron chi connectivity index (χ1n) is 13.2. The summed E-state index contributed by atoms with van der Waals surface area (Å²) in [5.74, 6) is 0.943. The van der Waals surface area contributed by atoms with E-state index in [1.165, 1.54) is 60.8 Å². The lowest BCUT2D eigenvalue weighted by molar-refractivity contribution is 0.625. The van der Waals surface area contributed by atoms with Crippen LogP contribution in [0.5, 0.6) is 0 Å². The molecule has 0 aromatic heterocycles. The average Bonchev–Trinajstić information content (AvgIpc) is 3.46. The molecule has 7 rings (SSSR count). The molecule has 2 aliphatic carbocycles. The number of benzene rings is 5.